The van der Waals surface area contributed by atoms with Crippen LogP contribution < -0.4 is 5.32 Å². The van der Waals surface area contributed by atoms with Crippen molar-refractivity contribution in [3.05, 3.63) is 70.7 Å². The fraction of sp³-hybridized carbons (Fsp3) is 0.278. The smallest absolute Gasteiger partial charge is 0.220 e. The van der Waals surface area contributed by atoms with Gasteiger partial charge in [-0.3, -0.25) is 4.79 Å². The number of hydrogen-bond acceptors (Lipinski definition) is 1. The van der Waals surface area contributed by atoms with E-state index in [0.717, 1.165) is 18.4 Å². The third kappa shape index (κ3) is 4.91. The van der Waals surface area contributed by atoms with Crippen molar-refractivity contribution in [1.29, 1.82) is 0 Å². The zero-order chi connectivity index (χ0) is 15.1. The molecule has 1 unspecified atom stereocenters. The number of hydrogen-bond donors (Lipinski definition) is 1. The topological polar surface area (TPSA) is 29.1 Å². The highest BCUT2D eigenvalue weighted by atomic mass is 35.5. The van der Waals surface area contributed by atoms with Crippen molar-refractivity contribution in [1.82, 2.24) is 5.32 Å². The van der Waals surface area contributed by atoms with Gasteiger partial charge in [0, 0.05) is 11.4 Å². The first-order valence-electron chi connectivity index (χ1n) is 7.27. The van der Waals surface area contributed by atoms with E-state index in [4.69, 9.17) is 11.6 Å². The second kappa shape index (κ2) is 7.84. The van der Waals surface area contributed by atoms with E-state index < -0.39 is 0 Å². The van der Waals surface area contributed by atoms with Crippen molar-refractivity contribution >= 4 is 17.5 Å². The van der Waals surface area contributed by atoms with Crippen LogP contribution in [-0.2, 0) is 11.2 Å². The molecule has 1 atom stereocenters. The zero-order valence-corrected chi connectivity index (χ0v) is 12.9. The summed E-state index contributed by atoms with van der Waals surface area (Å²) in [6.07, 6.45) is 2.11. The molecule has 2 aromatic carbocycles. The second-order valence-corrected chi connectivity index (χ2v) is 5.51. The predicted molar refractivity (Wildman–Crippen MR) is 87.4 cm³/mol. The Balaban J connectivity index is 1.91. The first kappa shape index (κ1) is 15.6. The van der Waals surface area contributed by atoms with Gasteiger partial charge in [-0.15, -0.1) is 0 Å². The van der Waals surface area contributed by atoms with E-state index in [2.05, 4.69) is 12.2 Å². The van der Waals surface area contributed by atoms with Gasteiger partial charge in [-0.05, 0) is 36.1 Å². The summed E-state index contributed by atoms with van der Waals surface area (Å²) in [6.45, 7) is 2.06. The molecule has 3 heteroatoms. The van der Waals surface area contributed by atoms with Gasteiger partial charge < -0.3 is 5.32 Å². The molecule has 0 spiro atoms. The van der Waals surface area contributed by atoms with E-state index in [1.807, 2.05) is 54.6 Å². The molecule has 2 nitrogen and oxygen atoms in total. The van der Waals surface area contributed by atoms with Gasteiger partial charge in [-0.2, -0.15) is 0 Å². The van der Waals surface area contributed by atoms with Crippen LogP contribution in [0, 0.1) is 0 Å². The van der Waals surface area contributed by atoms with Crippen molar-refractivity contribution in [2.45, 2.75) is 32.2 Å². The van der Waals surface area contributed by atoms with Crippen LogP contribution in [0.1, 0.15) is 36.9 Å². The van der Waals surface area contributed by atoms with Crippen LogP contribution in [0.4, 0.5) is 0 Å². The number of carbonyl (C=O) groups is 1. The van der Waals surface area contributed by atoms with Gasteiger partial charge in [-0.1, -0.05) is 61.0 Å². The Bertz CT molecular complexity index is 583. The van der Waals surface area contributed by atoms with Crippen molar-refractivity contribution in [2.75, 3.05) is 0 Å². The molecule has 1 N–H and O–H groups in total. The monoisotopic (exact) mass is 301 g/mol. The maximum atomic E-state index is 12.1. The van der Waals surface area contributed by atoms with E-state index in [-0.39, 0.29) is 11.9 Å². The third-order valence-corrected chi connectivity index (χ3v) is 3.71. The Morgan fingerprint density at radius 1 is 1.14 bits per heavy atom. The summed E-state index contributed by atoms with van der Waals surface area (Å²) in [5, 5.41) is 3.78. The lowest BCUT2D eigenvalue weighted by Crippen LogP contribution is -2.28. The Hall–Kier alpha value is -1.80. The Kier molecular flexibility index (Phi) is 5.82. The van der Waals surface area contributed by atoms with Gasteiger partial charge in [0.2, 0.25) is 5.91 Å². The van der Waals surface area contributed by atoms with Crippen molar-refractivity contribution in [3.8, 4) is 0 Å². The number of amides is 1. The van der Waals surface area contributed by atoms with Crippen LogP contribution in [0.2, 0.25) is 5.02 Å². The first-order chi connectivity index (χ1) is 10.2. The van der Waals surface area contributed by atoms with Crippen LogP contribution in [0.15, 0.2) is 54.6 Å². The van der Waals surface area contributed by atoms with Gasteiger partial charge in [0.25, 0.3) is 0 Å². The molecule has 0 heterocycles. The Morgan fingerprint density at radius 3 is 2.57 bits per heavy atom. The molecule has 0 aliphatic rings. The Labute approximate surface area is 131 Å². The minimum absolute atomic E-state index is 0.0203. The molecule has 0 saturated heterocycles. The number of nitrogens with one attached hydrogen (secondary N) is 1. The maximum Gasteiger partial charge on any atom is 0.220 e. The van der Waals surface area contributed by atoms with Crippen LogP contribution in [0.3, 0.4) is 0 Å². The van der Waals surface area contributed by atoms with Crippen LogP contribution in [0.25, 0.3) is 0 Å². The summed E-state index contributed by atoms with van der Waals surface area (Å²) in [5.74, 6) is 0.0747. The fourth-order valence-electron chi connectivity index (χ4n) is 2.31. The number of halogens is 1. The highest BCUT2D eigenvalue weighted by Gasteiger charge is 2.12. The average Bonchev–Trinajstić information content (AvgIpc) is 2.51. The van der Waals surface area contributed by atoms with Crippen molar-refractivity contribution in [2.24, 2.45) is 0 Å². The summed E-state index contributed by atoms with van der Waals surface area (Å²) in [4.78, 5) is 12.1. The summed E-state index contributed by atoms with van der Waals surface area (Å²) in [5.41, 5.74) is 2.24. The van der Waals surface area contributed by atoms with Crippen molar-refractivity contribution < 1.29 is 4.79 Å². The number of carbonyl (C=O) groups excluding carboxylic acids is 1. The predicted octanol–water partition coefficient (Wildman–Crippen LogP) is 4.54. The van der Waals surface area contributed by atoms with Crippen molar-refractivity contribution in [3.63, 3.8) is 0 Å². The number of benzene rings is 2. The van der Waals surface area contributed by atoms with E-state index >= 15 is 0 Å². The molecule has 0 bridgehead atoms. The van der Waals surface area contributed by atoms with E-state index in [0.29, 0.717) is 11.4 Å². The second-order valence-electron chi connectivity index (χ2n) is 5.07. The quantitative estimate of drug-likeness (QED) is 0.834. The minimum Gasteiger partial charge on any atom is -0.349 e. The van der Waals surface area contributed by atoms with Gasteiger partial charge in [0.05, 0.1) is 6.04 Å². The van der Waals surface area contributed by atoms with Gasteiger partial charge in [0.15, 0.2) is 0 Å². The molecule has 110 valence electrons. The normalized spacial score (nSPS) is 11.9. The van der Waals surface area contributed by atoms with Gasteiger partial charge in [-0.25, -0.2) is 0 Å². The molecule has 0 aromatic heterocycles. The molecular weight excluding hydrogens is 282 g/mol. The fourth-order valence-corrected chi connectivity index (χ4v) is 2.51. The van der Waals surface area contributed by atoms with Gasteiger partial charge in [0.1, 0.15) is 0 Å². The molecule has 0 radical (unpaired) electrons. The highest BCUT2D eigenvalue weighted by Crippen LogP contribution is 2.20. The summed E-state index contributed by atoms with van der Waals surface area (Å²) >= 11 is 6.01. The molecule has 1 amide bonds. The molecule has 0 aliphatic heterocycles. The van der Waals surface area contributed by atoms with Crippen LogP contribution in [-0.4, -0.2) is 5.91 Å². The third-order valence-electron chi connectivity index (χ3n) is 3.48. The first-order valence-corrected chi connectivity index (χ1v) is 7.65. The largest absolute Gasteiger partial charge is 0.349 e. The maximum absolute atomic E-state index is 12.1. The zero-order valence-electron chi connectivity index (χ0n) is 12.2. The molecule has 21 heavy (non-hydrogen) atoms. The summed E-state index contributed by atoms with van der Waals surface area (Å²) in [6, 6.07) is 17.7. The molecule has 0 aliphatic carbocycles. The molecular formula is C18H20ClNO. The van der Waals surface area contributed by atoms with Crippen LogP contribution >= 0.6 is 11.6 Å². The number of aryl methyl sites for hydroxylation is 1. The average molecular weight is 302 g/mol. The molecule has 0 saturated carbocycles. The lowest BCUT2D eigenvalue weighted by Gasteiger charge is -2.17. The summed E-state index contributed by atoms with van der Waals surface area (Å²) in [7, 11) is 0. The van der Waals surface area contributed by atoms with Crippen LogP contribution in [0.5, 0.6) is 0 Å². The lowest BCUT2D eigenvalue weighted by atomic mass is 10.0. The molecule has 2 aromatic rings. The summed E-state index contributed by atoms with van der Waals surface area (Å²) < 4.78 is 0. The number of rotatable bonds is 6. The van der Waals surface area contributed by atoms with E-state index in [1.54, 1.807) is 0 Å². The molecule has 2 rings (SSSR count). The molecule has 0 fully saturated rings. The Morgan fingerprint density at radius 2 is 1.90 bits per heavy atom. The van der Waals surface area contributed by atoms with E-state index in [9.17, 15) is 4.79 Å². The lowest BCUT2D eigenvalue weighted by molar-refractivity contribution is -0.121. The highest BCUT2D eigenvalue weighted by molar-refractivity contribution is 6.30. The SMILES string of the molecule is CCC(NC(=O)CCc1ccccc1)c1cccc(Cl)c1. The van der Waals surface area contributed by atoms with Gasteiger partial charge >= 0.3 is 0 Å². The van der Waals surface area contributed by atoms with E-state index in [1.165, 1.54) is 5.56 Å². The standard InChI is InChI=1S/C18H20ClNO/c1-2-17(15-9-6-10-16(19)13-15)20-18(21)12-11-14-7-4-3-5-8-14/h3-10,13,17H,2,11-12H2,1H3,(H,20,21). The minimum atomic E-state index is 0.0203.